The molecule has 1 unspecified atom stereocenters. The molecule has 0 saturated carbocycles. The zero-order chi connectivity index (χ0) is 15.7. The largest absolute Gasteiger partial charge is 0.322 e. The molecule has 3 amide bonds. The smallest absolute Gasteiger partial charge is 0.318 e. The number of rotatable bonds is 3. The number of nitrogens with zero attached hydrogens (tertiary/aromatic N) is 2. The average molecular weight is 298 g/mol. The first-order chi connectivity index (χ1) is 10.5. The first-order valence-electron chi connectivity index (χ1n) is 6.73. The number of nitrogens with one attached hydrogen (secondary N) is 2. The lowest BCUT2D eigenvalue weighted by molar-refractivity contribution is -0.124. The van der Waals surface area contributed by atoms with Crippen molar-refractivity contribution in [2.75, 3.05) is 0 Å². The minimum atomic E-state index is -1.32. The molecule has 2 aromatic rings. The van der Waals surface area contributed by atoms with Gasteiger partial charge in [0.15, 0.2) is 5.54 Å². The minimum absolute atomic E-state index is 0.00903. The number of amides is 3. The van der Waals surface area contributed by atoms with E-state index < -0.39 is 17.5 Å². The summed E-state index contributed by atoms with van der Waals surface area (Å²) in [5.74, 6) is -0.489. The molecule has 0 aromatic carbocycles. The maximum absolute atomic E-state index is 12.4. The van der Waals surface area contributed by atoms with Crippen LogP contribution in [-0.4, -0.2) is 21.5 Å². The number of aromatic nitrogens is 2. The molecule has 22 heavy (non-hydrogen) atoms. The van der Waals surface area contributed by atoms with E-state index in [0.29, 0.717) is 11.1 Å². The average Bonchev–Trinajstić information content (AvgIpc) is 2.80. The molecule has 3 heterocycles. The lowest BCUT2D eigenvalue weighted by Gasteiger charge is -2.27. The van der Waals surface area contributed by atoms with Gasteiger partial charge in [0.2, 0.25) is 0 Å². The van der Waals surface area contributed by atoms with Crippen LogP contribution in [0.2, 0.25) is 0 Å². The Kier molecular flexibility index (Phi) is 3.25. The molecule has 112 valence electrons. The second-order valence-electron chi connectivity index (χ2n) is 5.17. The monoisotopic (exact) mass is 298 g/mol. The molecule has 2 aromatic heterocycles. The fourth-order valence-electron chi connectivity index (χ4n) is 2.57. The third-order valence-corrected chi connectivity index (χ3v) is 3.73. The molecular formula is C15H14N4O3. The second-order valence-corrected chi connectivity index (χ2v) is 5.17. The Morgan fingerprint density at radius 2 is 1.91 bits per heavy atom. The standard InChI is InChI=1S/C15H14N4O3/c1-10-3-2-8-19(12(10)20)9-15(11-4-6-16-7-5-11)13(21)17-14(22)18-15/h2-8H,9H2,1H3,(H2,17,18,21,22). The van der Waals surface area contributed by atoms with Crippen molar-refractivity contribution in [3.05, 3.63) is 64.3 Å². The lowest BCUT2D eigenvalue weighted by Crippen LogP contribution is -2.49. The molecule has 3 rings (SSSR count). The van der Waals surface area contributed by atoms with Gasteiger partial charge in [-0.3, -0.25) is 19.9 Å². The fraction of sp³-hybridized carbons (Fsp3) is 0.200. The Morgan fingerprint density at radius 3 is 2.55 bits per heavy atom. The summed E-state index contributed by atoms with van der Waals surface area (Å²) in [6.45, 7) is 1.71. The number of carbonyl (C=O) groups is 2. The van der Waals surface area contributed by atoms with Gasteiger partial charge in [-0.2, -0.15) is 0 Å². The highest BCUT2D eigenvalue weighted by Crippen LogP contribution is 2.26. The normalized spacial score (nSPS) is 20.6. The topological polar surface area (TPSA) is 93.1 Å². The summed E-state index contributed by atoms with van der Waals surface area (Å²) < 4.78 is 1.42. The maximum Gasteiger partial charge on any atom is 0.322 e. The Hall–Kier alpha value is -2.96. The van der Waals surface area contributed by atoms with E-state index >= 15 is 0 Å². The summed E-state index contributed by atoms with van der Waals surface area (Å²) in [4.78, 5) is 40.2. The van der Waals surface area contributed by atoms with Crippen LogP contribution in [0.15, 0.2) is 47.7 Å². The molecule has 7 heteroatoms. The van der Waals surface area contributed by atoms with E-state index in [4.69, 9.17) is 0 Å². The van der Waals surface area contributed by atoms with Gasteiger partial charge in [-0.15, -0.1) is 0 Å². The Balaban J connectivity index is 2.12. The SMILES string of the molecule is Cc1cccn(CC2(c3ccncc3)NC(=O)NC2=O)c1=O. The van der Waals surface area contributed by atoms with Crippen molar-refractivity contribution in [1.82, 2.24) is 20.2 Å². The zero-order valence-electron chi connectivity index (χ0n) is 11.9. The number of pyridine rings is 2. The summed E-state index contributed by atoms with van der Waals surface area (Å²) in [6.07, 6.45) is 4.66. The first-order valence-corrected chi connectivity index (χ1v) is 6.73. The van der Waals surface area contributed by atoms with Crippen LogP contribution in [0.3, 0.4) is 0 Å². The number of hydrogen-bond acceptors (Lipinski definition) is 4. The highest BCUT2D eigenvalue weighted by atomic mass is 16.2. The third-order valence-electron chi connectivity index (χ3n) is 3.73. The molecule has 0 aliphatic carbocycles. The van der Waals surface area contributed by atoms with Crippen molar-refractivity contribution in [3.63, 3.8) is 0 Å². The number of aryl methyl sites for hydroxylation is 1. The van der Waals surface area contributed by atoms with Crippen molar-refractivity contribution in [3.8, 4) is 0 Å². The van der Waals surface area contributed by atoms with Crippen LogP contribution >= 0.6 is 0 Å². The lowest BCUT2D eigenvalue weighted by atomic mass is 9.90. The molecule has 1 aliphatic rings. The highest BCUT2D eigenvalue weighted by Gasteiger charge is 2.48. The van der Waals surface area contributed by atoms with Crippen molar-refractivity contribution in [1.29, 1.82) is 0 Å². The van der Waals surface area contributed by atoms with Crippen LogP contribution in [0, 0.1) is 6.92 Å². The van der Waals surface area contributed by atoms with Crippen LogP contribution in [-0.2, 0) is 16.9 Å². The second kappa shape index (κ2) is 5.10. The summed E-state index contributed by atoms with van der Waals surface area (Å²) in [6, 6.07) is 6.14. The van der Waals surface area contributed by atoms with Crippen LogP contribution in [0.4, 0.5) is 4.79 Å². The number of hydrogen-bond donors (Lipinski definition) is 2. The van der Waals surface area contributed by atoms with E-state index in [-0.39, 0.29) is 12.1 Å². The van der Waals surface area contributed by atoms with E-state index in [9.17, 15) is 14.4 Å². The minimum Gasteiger partial charge on any atom is -0.318 e. The molecule has 0 bridgehead atoms. The predicted molar refractivity (Wildman–Crippen MR) is 78.0 cm³/mol. The molecule has 1 atom stereocenters. The summed E-state index contributed by atoms with van der Waals surface area (Å²) in [5, 5.41) is 4.88. The number of urea groups is 1. The third kappa shape index (κ3) is 2.16. The molecule has 1 aliphatic heterocycles. The van der Waals surface area contributed by atoms with Crippen LogP contribution in [0.5, 0.6) is 0 Å². The molecule has 1 saturated heterocycles. The van der Waals surface area contributed by atoms with Crippen molar-refractivity contribution in [2.24, 2.45) is 0 Å². The van der Waals surface area contributed by atoms with Gasteiger partial charge in [-0.05, 0) is 30.7 Å². The molecular weight excluding hydrogens is 284 g/mol. The molecule has 7 nitrogen and oxygen atoms in total. The van der Waals surface area contributed by atoms with E-state index in [1.807, 2.05) is 0 Å². The summed E-state index contributed by atoms with van der Waals surface area (Å²) in [5.41, 5.74) is -0.390. The summed E-state index contributed by atoms with van der Waals surface area (Å²) >= 11 is 0. The van der Waals surface area contributed by atoms with Crippen molar-refractivity contribution >= 4 is 11.9 Å². The van der Waals surface area contributed by atoms with Gasteiger partial charge in [-0.25, -0.2) is 4.79 Å². The van der Waals surface area contributed by atoms with Crippen LogP contribution < -0.4 is 16.2 Å². The molecule has 0 spiro atoms. The maximum atomic E-state index is 12.4. The van der Waals surface area contributed by atoms with E-state index in [0.717, 1.165) is 0 Å². The van der Waals surface area contributed by atoms with Gasteiger partial charge < -0.3 is 9.88 Å². The Morgan fingerprint density at radius 1 is 1.18 bits per heavy atom. The zero-order valence-corrected chi connectivity index (χ0v) is 11.9. The fourth-order valence-corrected chi connectivity index (χ4v) is 2.57. The quantitative estimate of drug-likeness (QED) is 0.796. The van der Waals surface area contributed by atoms with Gasteiger partial charge >= 0.3 is 6.03 Å². The van der Waals surface area contributed by atoms with Gasteiger partial charge in [0.1, 0.15) is 0 Å². The first kappa shape index (κ1) is 14.0. The summed E-state index contributed by atoms with van der Waals surface area (Å²) in [7, 11) is 0. The van der Waals surface area contributed by atoms with Gasteiger partial charge in [0.05, 0.1) is 6.54 Å². The Labute approximate surface area is 126 Å². The number of carbonyl (C=O) groups excluding carboxylic acids is 2. The molecule has 1 fully saturated rings. The highest BCUT2D eigenvalue weighted by molar-refractivity contribution is 6.07. The van der Waals surface area contributed by atoms with E-state index in [1.54, 1.807) is 37.4 Å². The van der Waals surface area contributed by atoms with E-state index in [1.165, 1.54) is 17.0 Å². The van der Waals surface area contributed by atoms with Crippen molar-refractivity contribution in [2.45, 2.75) is 19.0 Å². The van der Waals surface area contributed by atoms with Crippen LogP contribution in [0.1, 0.15) is 11.1 Å². The van der Waals surface area contributed by atoms with Gasteiger partial charge in [0, 0.05) is 24.2 Å². The van der Waals surface area contributed by atoms with Crippen molar-refractivity contribution < 1.29 is 9.59 Å². The van der Waals surface area contributed by atoms with Gasteiger partial charge in [-0.1, -0.05) is 6.07 Å². The van der Waals surface area contributed by atoms with Gasteiger partial charge in [0.25, 0.3) is 11.5 Å². The number of imide groups is 1. The Bertz CT molecular complexity index is 800. The predicted octanol–water partition coefficient (Wildman–Crippen LogP) is 0.287. The van der Waals surface area contributed by atoms with Crippen LogP contribution in [0.25, 0.3) is 0 Å². The molecule has 2 N–H and O–H groups in total. The van der Waals surface area contributed by atoms with E-state index in [2.05, 4.69) is 15.6 Å². The molecule has 0 radical (unpaired) electrons.